The van der Waals surface area contributed by atoms with Crippen LogP contribution in [0.3, 0.4) is 0 Å². The molecule has 2 unspecified atom stereocenters. The number of hydrogen-bond acceptors (Lipinski definition) is 4. The molecule has 12 heteroatoms. The molecule has 2 atom stereocenters. The van der Waals surface area contributed by atoms with E-state index in [-0.39, 0.29) is 18.0 Å². The Morgan fingerprint density at radius 2 is 1.72 bits per heavy atom. The Labute approximate surface area is 262 Å². The molecule has 0 saturated heterocycles. The fourth-order valence-corrected chi connectivity index (χ4v) is 5.59. The lowest BCUT2D eigenvalue weighted by atomic mass is 9.80. The van der Waals surface area contributed by atoms with Crippen molar-refractivity contribution >= 4 is 23.5 Å². The molecule has 1 aliphatic rings. The van der Waals surface area contributed by atoms with E-state index in [9.17, 15) is 31.9 Å². The van der Waals surface area contributed by atoms with Crippen molar-refractivity contribution in [3.8, 4) is 5.69 Å². The lowest BCUT2D eigenvalue weighted by molar-refractivity contribution is -0.137. The number of anilines is 1. The number of allylic oxidation sites excluding steroid dienone is 1. The van der Waals surface area contributed by atoms with E-state index >= 15 is 0 Å². The second-order valence-electron chi connectivity index (χ2n) is 10.6. The van der Waals surface area contributed by atoms with E-state index < -0.39 is 41.3 Å². The van der Waals surface area contributed by atoms with Gasteiger partial charge in [-0.25, -0.2) is 9.07 Å². The molecular weight excluding hydrogens is 602 g/mol. The van der Waals surface area contributed by atoms with Crippen LogP contribution in [0.4, 0.5) is 23.4 Å². The summed E-state index contributed by atoms with van der Waals surface area (Å²) in [6.45, 7) is 1.95. The van der Waals surface area contributed by atoms with Gasteiger partial charge in [-0.05, 0) is 73.9 Å². The standard InChI is InChI=1S/C34H31F4N5O3/c1-3-42-32-29(26(14-7-8-15-27(44)39-2)41-43(32)25-12-5-4-6-13-25)28(21-16-18-24(35)19-17-21)30(33(42)46)40-31(45)22-10-9-11-23(20-22)34(36,37)38/h4-6,8-13,15-20,28,30H,3,7,14H2,1-2H3,(H,39,44)(H,40,45)/b15-8+. The minimum absolute atomic E-state index is 0.187. The van der Waals surface area contributed by atoms with Crippen LogP contribution in [0, 0.1) is 5.82 Å². The van der Waals surface area contributed by atoms with E-state index in [2.05, 4.69) is 10.6 Å². The molecule has 2 N–H and O–H groups in total. The summed E-state index contributed by atoms with van der Waals surface area (Å²) in [4.78, 5) is 41.1. The Hall–Kier alpha value is -5.26. The smallest absolute Gasteiger partial charge is 0.356 e. The highest BCUT2D eigenvalue weighted by Gasteiger charge is 2.46. The molecule has 0 spiro atoms. The van der Waals surface area contributed by atoms with Crippen LogP contribution in [-0.4, -0.2) is 47.1 Å². The molecule has 5 rings (SSSR count). The number of alkyl halides is 3. The Morgan fingerprint density at radius 3 is 2.37 bits per heavy atom. The molecule has 0 bridgehead atoms. The summed E-state index contributed by atoms with van der Waals surface area (Å²) in [5.41, 5.74) is 1.06. The highest BCUT2D eigenvalue weighted by molar-refractivity contribution is 6.05. The third-order valence-corrected chi connectivity index (χ3v) is 7.75. The molecule has 0 fully saturated rings. The Bertz CT molecular complexity index is 1770. The molecule has 8 nitrogen and oxygen atoms in total. The van der Waals surface area contributed by atoms with Gasteiger partial charge in [-0.1, -0.05) is 42.5 Å². The molecule has 1 aliphatic heterocycles. The SMILES string of the molecule is CCN1C(=O)C(NC(=O)c2cccc(C(F)(F)F)c2)C(c2ccc(F)cc2)c2c(CC/C=C/C(=O)NC)nn(-c3ccccc3)c21. The van der Waals surface area contributed by atoms with Crippen LogP contribution in [0.25, 0.3) is 5.69 Å². The average molecular weight is 634 g/mol. The first kappa shape index (κ1) is 32.1. The normalized spacial score (nSPS) is 16.4. The number of hydrogen-bond donors (Lipinski definition) is 2. The van der Waals surface area contributed by atoms with Gasteiger partial charge in [-0.15, -0.1) is 0 Å². The third-order valence-electron chi connectivity index (χ3n) is 7.75. The van der Waals surface area contributed by atoms with Crippen molar-refractivity contribution in [3.63, 3.8) is 0 Å². The third kappa shape index (κ3) is 6.56. The van der Waals surface area contributed by atoms with Gasteiger partial charge in [0.1, 0.15) is 17.7 Å². The maximum Gasteiger partial charge on any atom is 0.416 e. The predicted octanol–water partition coefficient (Wildman–Crippen LogP) is 5.56. The van der Waals surface area contributed by atoms with Crippen LogP contribution in [0.2, 0.25) is 0 Å². The first-order valence-corrected chi connectivity index (χ1v) is 14.6. The van der Waals surface area contributed by atoms with Crippen LogP contribution in [0.5, 0.6) is 0 Å². The van der Waals surface area contributed by atoms with Gasteiger partial charge in [-0.3, -0.25) is 19.3 Å². The molecule has 46 heavy (non-hydrogen) atoms. The summed E-state index contributed by atoms with van der Waals surface area (Å²) < 4.78 is 56.1. The van der Waals surface area contributed by atoms with Crippen molar-refractivity contribution in [3.05, 3.63) is 125 Å². The first-order valence-electron chi connectivity index (χ1n) is 14.6. The molecule has 0 aliphatic carbocycles. The number of likely N-dealkylation sites (N-methyl/N-ethyl adjacent to an activating group) is 2. The second-order valence-corrected chi connectivity index (χ2v) is 10.6. The number of fused-ring (bicyclic) bond motifs is 1. The molecule has 0 radical (unpaired) electrons. The molecular formula is C34H31F4N5O3. The van der Waals surface area contributed by atoms with Crippen molar-refractivity contribution < 1.29 is 31.9 Å². The van der Waals surface area contributed by atoms with Gasteiger partial charge in [0, 0.05) is 30.6 Å². The van der Waals surface area contributed by atoms with Crippen LogP contribution < -0.4 is 15.5 Å². The number of aryl methyl sites for hydroxylation is 1. The Morgan fingerprint density at radius 1 is 1.00 bits per heavy atom. The van der Waals surface area contributed by atoms with Gasteiger partial charge in [0.2, 0.25) is 5.91 Å². The zero-order valence-corrected chi connectivity index (χ0v) is 25.0. The minimum Gasteiger partial charge on any atom is -0.356 e. The van der Waals surface area contributed by atoms with E-state index in [1.54, 1.807) is 17.7 Å². The number of carbonyl (C=O) groups excluding carboxylic acids is 3. The van der Waals surface area contributed by atoms with Gasteiger partial charge in [-0.2, -0.15) is 18.3 Å². The number of benzene rings is 3. The summed E-state index contributed by atoms with van der Waals surface area (Å²) >= 11 is 0. The van der Waals surface area contributed by atoms with Gasteiger partial charge in [0.15, 0.2) is 0 Å². The first-order chi connectivity index (χ1) is 22.0. The Kier molecular flexibility index (Phi) is 9.36. The Balaban J connectivity index is 1.67. The summed E-state index contributed by atoms with van der Waals surface area (Å²) in [6.07, 6.45) is -0.832. The number of para-hydroxylation sites is 1. The highest BCUT2D eigenvalue weighted by Crippen LogP contribution is 2.44. The zero-order valence-electron chi connectivity index (χ0n) is 25.0. The van der Waals surface area contributed by atoms with E-state index in [1.165, 1.54) is 48.4 Å². The number of halogens is 4. The van der Waals surface area contributed by atoms with Crippen LogP contribution >= 0.6 is 0 Å². The fourth-order valence-electron chi connectivity index (χ4n) is 5.59. The van der Waals surface area contributed by atoms with Gasteiger partial charge < -0.3 is 10.6 Å². The summed E-state index contributed by atoms with van der Waals surface area (Å²) in [5, 5.41) is 10.1. The van der Waals surface area contributed by atoms with Gasteiger partial charge in [0.25, 0.3) is 11.8 Å². The lowest BCUT2D eigenvalue weighted by Gasteiger charge is -2.38. The van der Waals surface area contributed by atoms with Crippen molar-refractivity contribution in [2.45, 2.75) is 37.9 Å². The van der Waals surface area contributed by atoms with E-state index in [1.807, 2.05) is 30.3 Å². The van der Waals surface area contributed by atoms with Crippen molar-refractivity contribution in [1.29, 1.82) is 0 Å². The van der Waals surface area contributed by atoms with Gasteiger partial charge >= 0.3 is 6.18 Å². The summed E-state index contributed by atoms with van der Waals surface area (Å²) in [5.74, 6) is -2.58. The maximum atomic E-state index is 14.3. The predicted molar refractivity (Wildman–Crippen MR) is 164 cm³/mol. The number of amides is 3. The lowest BCUT2D eigenvalue weighted by Crippen LogP contribution is -2.55. The largest absolute Gasteiger partial charge is 0.416 e. The molecule has 4 aromatic rings. The van der Waals surface area contributed by atoms with Crippen LogP contribution in [0.15, 0.2) is 91.0 Å². The molecule has 3 aromatic carbocycles. The van der Waals surface area contributed by atoms with E-state index in [0.717, 1.165) is 18.2 Å². The van der Waals surface area contributed by atoms with Crippen LogP contribution in [0.1, 0.15) is 52.0 Å². The fraction of sp³-hybridized carbons (Fsp3) is 0.235. The van der Waals surface area contributed by atoms with Crippen molar-refractivity contribution in [2.75, 3.05) is 18.5 Å². The number of nitrogens with zero attached hydrogens (tertiary/aromatic N) is 3. The number of aromatic nitrogens is 2. The van der Waals surface area contributed by atoms with Crippen molar-refractivity contribution in [1.82, 2.24) is 20.4 Å². The zero-order chi connectivity index (χ0) is 33.0. The maximum absolute atomic E-state index is 14.3. The molecule has 3 amide bonds. The molecule has 0 saturated carbocycles. The quantitative estimate of drug-likeness (QED) is 0.186. The molecule has 2 heterocycles. The molecule has 1 aromatic heterocycles. The average Bonchev–Trinajstić information content (AvgIpc) is 3.42. The van der Waals surface area contributed by atoms with Crippen molar-refractivity contribution in [2.24, 2.45) is 0 Å². The topological polar surface area (TPSA) is 96.3 Å². The minimum atomic E-state index is -4.67. The van der Waals surface area contributed by atoms with Crippen LogP contribution in [-0.2, 0) is 22.2 Å². The second kappa shape index (κ2) is 13.4. The van der Waals surface area contributed by atoms with E-state index in [4.69, 9.17) is 5.10 Å². The summed E-state index contributed by atoms with van der Waals surface area (Å²) in [7, 11) is 1.52. The molecule has 238 valence electrons. The monoisotopic (exact) mass is 633 g/mol. The number of rotatable bonds is 9. The van der Waals surface area contributed by atoms with Gasteiger partial charge in [0.05, 0.1) is 16.9 Å². The number of carbonyl (C=O) groups is 3. The number of nitrogens with one attached hydrogen (secondary N) is 2. The summed E-state index contributed by atoms with van der Waals surface area (Å²) in [6, 6.07) is 17.3. The highest BCUT2D eigenvalue weighted by atomic mass is 19.4. The van der Waals surface area contributed by atoms with E-state index in [0.29, 0.717) is 41.2 Å².